The van der Waals surface area contributed by atoms with Crippen LogP contribution < -0.4 is 0 Å². The highest BCUT2D eigenvalue weighted by Gasteiger charge is 2.03. The minimum absolute atomic E-state index is 0.0926. The van der Waals surface area contributed by atoms with Crippen LogP contribution in [0.5, 0.6) is 0 Å². The van der Waals surface area contributed by atoms with Gasteiger partial charge in [-0.3, -0.25) is 4.79 Å². The van der Waals surface area contributed by atoms with Gasteiger partial charge in [-0.1, -0.05) is 6.58 Å². The van der Waals surface area contributed by atoms with E-state index >= 15 is 0 Å². The van der Waals surface area contributed by atoms with E-state index in [1.807, 2.05) is 0 Å². The maximum absolute atomic E-state index is 10.6. The first kappa shape index (κ1) is 7.69. The van der Waals surface area contributed by atoms with Crippen molar-refractivity contribution in [3.8, 4) is 0 Å². The molecule has 0 aromatic heterocycles. The van der Waals surface area contributed by atoms with Crippen LogP contribution in [0.3, 0.4) is 0 Å². The lowest BCUT2D eigenvalue weighted by Gasteiger charge is -2.06. The zero-order chi connectivity index (χ0) is 6.73. The molecule has 0 aromatic rings. The SMILES string of the molecule is C=C(Br)C(=O)N(C)C. The summed E-state index contributed by atoms with van der Waals surface area (Å²) >= 11 is 2.95. The van der Waals surface area contributed by atoms with Gasteiger partial charge in [0, 0.05) is 14.1 Å². The van der Waals surface area contributed by atoms with Crippen LogP contribution >= 0.6 is 15.9 Å². The summed E-state index contributed by atoms with van der Waals surface area (Å²) in [5.74, 6) is -0.0926. The molecule has 1 amide bonds. The standard InChI is InChI=1S/C5H8BrNO/c1-4(6)5(8)7(2)3/h1H2,2-3H3. The first-order valence-corrected chi connectivity index (χ1v) is 2.91. The number of amides is 1. The minimum atomic E-state index is -0.0926. The van der Waals surface area contributed by atoms with Crippen molar-refractivity contribution >= 4 is 21.8 Å². The van der Waals surface area contributed by atoms with Crippen LogP contribution in [0.2, 0.25) is 0 Å². The molecule has 0 aromatic carbocycles. The van der Waals surface area contributed by atoms with Crippen molar-refractivity contribution in [1.29, 1.82) is 0 Å². The second-order valence-corrected chi connectivity index (χ2v) is 2.56. The third kappa shape index (κ3) is 2.12. The molecule has 0 radical (unpaired) electrons. The molecule has 0 heterocycles. The summed E-state index contributed by atoms with van der Waals surface area (Å²) in [7, 11) is 3.35. The van der Waals surface area contributed by atoms with Crippen LogP contribution in [0, 0.1) is 0 Å². The summed E-state index contributed by atoms with van der Waals surface area (Å²) in [4.78, 5) is 12.1. The lowest BCUT2D eigenvalue weighted by atomic mass is 10.5. The Morgan fingerprint density at radius 1 is 1.62 bits per heavy atom. The Bertz CT molecular complexity index is 120. The predicted octanol–water partition coefficient (Wildman–Crippen LogP) is 0.983. The Hall–Kier alpha value is -0.310. The van der Waals surface area contributed by atoms with Crippen molar-refractivity contribution in [2.24, 2.45) is 0 Å². The highest BCUT2D eigenvalue weighted by molar-refractivity contribution is 9.12. The van der Waals surface area contributed by atoms with E-state index in [-0.39, 0.29) is 5.91 Å². The molecule has 2 nitrogen and oxygen atoms in total. The van der Waals surface area contributed by atoms with Gasteiger partial charge in [0.15, 0.2) is 0 Å². The number of halogens is 1. The highest BCUT2D eigenvalue weighted by Crippen LogP contribution is 2.02. The molecule has 0 saturated heterocycles. The van der Waals surface area contributed by atoms with Crippen LogP contribution in [0.15, 0.2) is 11.1 Å². The van der Waals surface area contributed by atoms with Crippen molar-refractivity contribution in [2.75, 3.05) is 14.1 Å². The summed E-state index contributed by atoms with van der Waals surface area (Å²) in [5.41, 5.74) is 0. The van der Waals surface area contributed by atoms with E-state index in [4.69, 9.17) is 0 Å². The second kappa shape index (κ2) is 2.87. The molecule has 0 aliphatic heterocycles. The molecule has 46 valence electrons. The van der Waals surface area contributed by atoms with Gasteiger partial charge in [-0.15, -0.1) is 0 Å². The zero-order valence-corrected chi connectivity index (χ0v) is 6.53. The lowest BCUT2D eigenvalue weighted by molar-refractivity contribution is -0.123. The number of nitrogens with zero attached hydrogens (tertiary/aromatic N) is 1. The molecule has 0 rings (SSSR count). The molecule has 0 unspecified atom stereocenters. The van der Waals surface area contributed by atoms with Crippen molar-refractivity contribution in [1.82, 2.24) is 4.90 Å². The van der Waals surface area contributed by atoms with Crippen LogP contribution in [-0.2, 0) is 4.79 Å². The van der Waals surface area contributed by atoms with Gasteiger partial charge >= 0.3 is 0 Å². The third-order valence-corrected chi connectivity index (χ3v) is 0.977. The molecule has 8 heavy (non-hydrogen) atoms. The summed E-state index contributed by atoms with van der Waals surface area (Å²) in [6, 6.07) is 0. The molecule has 0 aliphatic carbocycles. The largest absolute Gasteiger partial charge is 0.344 e. The number of hydrogen-bond donors (Lipinski definition) is 0. The smallest absolute Gasteiger partial charge is 0.259 e. The Kier molecular flexibility index (Phi) is 2.76. The third-order valence-electron chi connectivity index (χ3n) is 0.638. The average molecular weight is 178 g/mol. The molecule has 0 saturated carbocycles. The Balaban J connectivity index is 3.84. The molecule has 0 atom stereocenters. The van der Waals surface area contributed by atoms with Gasteiger partial charge in [0.2, 0.25) is 0 Å². The van der Waals surface area contributed by atoms with Crippen LogP contribution in [0.1, 0.15) is 0 Å². The predicted molar refractivity (Wildman–Crippen MR) is 36.8 cm³/mol. The van der Waals surface area contributed by atoms with Crippen molar-refractivity contribution in [2.45, 2.75) is 0 Å². The van der Waals surface area contributed by atoms with E-state index in [1.165, 1.54) is 4.90 Å². The lowest BCUT2D eigenvalue weighted by Crippen LogP contribution is -2.20. The monoisotopic (exact) mass is 177 g/mol. The van der Waals surface area contributed by atoms with Crippen LogP contribution in [0.25, 0.3) is 0 Å². The van der Waals surface area contributed by atoms with E-state index in [0.29, 0.717) is 4.48 Å². The molecule has 0 spiro atoms. The van der Waals surface area contributed by atoms with E-state index in [0.717, 1.165) is 0 Å². The summed E-state index contributed by atoms with van der Waals surface area (Å²) in [6.45, 7) is 3.40. The molecule has 0 fully saturated rings. The van der Waals surface area contributed by atoms with Gasteiger partial charge in [0.1, 0.15) is 0 Å². The molecule has 0 bridgehead atoms. The minimum Gasteiger partial charge on any atom is -0.344 e. The fraction of sp³-hybridized carbons (Fsp3) is 0.400. The molecular weight excluding hydrogens is 170 g/mol. The first-order valence-electron chi connectivity index (χ1n) is 2.11. The van der Waals surface area contributed by atoms with Gasteiger partial charge in [-0.05, 0) is 15.9 Å². The fourth-order valence-electron chi connectivity index (χ4n) is 0.243. The fourth-order valence-corrected chi connectivity index (χ4v) is 0.597. The van der Waals surface area contributed by atoms with Gasteiger partial charge in [-0.2, -0.15) is 0 Å². The maximum Gasteiger partial charge on any atom is 0.259 e. The van der Waals surface area contributed by atoms with E-state index in [1.54, 1.807) is 14.1 Å². The number of hydrogen-bond acceptors (Lipinski definition) is 1. The maximum atomic E-state index is 10.6. The van der Waals surface area contributed by atoms with Gasteiger partial charge in [0.25, 0.3) is 5.91 Å². The molecule has 3 heteroatoms. The number of likely N-dealkylation sites (N-methyl/N-ethyl adjacent to an activating group) is 1. The van der Waals surface area contributed by atoms with Gasteiger partial charge in [0.05, 0.1) is 4.48 Å². The van der Waals surface area contributed by atoms with Crippen LogP contribution in [0.4, 0.5) is 0 Å². The van der Waals surface area contributed by atoms with Gasteiger partial charge < -0.3 is 4.90 Å². The van der Waals surface area contributed by atoms with Crippen LogP contribution in [-0.4, -0.2) is 24.9 Å². The number of carbonyl (C=O) groups is 1. The van der Waals surface area contributed by atoms with E-state index < -0.39 is 0 Å². The van der Waals surface area contributed by atoms with E-state index in [2.05, 4.69) is 22.5 Å². The number of rotatable bonds is 1. The Labute approximate surface area is 57.3 Å². The summed E-state index contributed by atoms with van der Waals surface area (Å²) in [6.07, 6.45) is 0. The molecular formula is C5H8BrNO. The van der Waals surface area contributed by atoms with Crippen molar-refractivity contribution in [3.63, 3.8) is 0 Å². The Morgan fingerprint density at radius 3 is 2.00 bits per heavy atom. The summed E-state index contributed by atoms with van der Waals surface area (Å²) in [5, 5.41) is 0. The van der Waals surface area contributed by atoms with Gasteiger partial charge in [-0.25, -0.2) is 0 Å². The molecule has 0 aliphatic rings. The second-order valence-electron chi connectivity index (χ2n) is 1.60. The van der Waals surface area contributed by atoms with Crippen molar-refractivity contribution < 1.29 is 4.79 Å². The first-order chi connectivity index (χ1) is 3.55. The Morgan fingerprint density at radius 2 is 2.00 bits per heavy atom. The molecule has 0 N–H and O–H groups in total. The topological polar surface area (TPSA) is 20.3 Å². The highest BCUT2D eigenvalue weighted by atomic mass is 79.9. The normalized spacial score (nSPS) is 8.38. The average Bonchev–Trinajstić information content (AvgIpc) is 1.64. The zero-order valence-electron chi connectivity index (χ0n) is 4.94. The van der Waals surface area contributed by atoms with E-state index in [9.17, 15) is 4.79 Å². The van der Waals surface area contributed by atoms with Crippen molar-refractivity contribution in [3.05, 3.63) is 11.1 Å². The summed E-state index contributed by atoms with van der Waals surface area (Å²) < 4.78 is 0.391. The quantitative estimate of drug-likeness (QED) is 0.548. The number of carbonyl (C=O) groups excluding carboxylic acids is 1.